The van der Waals surface area contributed by atoms with Crippen LogP contribution in [0, 0.1) is 5.92 Å². The summed E-state index contributed by atoms with van der Waals surface area (Å²) in [7, 11) is -3.63. The Morgan fingerprint density at radius 1 is 1.19 bits per heavy atom. The highest BCUT2D eigenvalue weighted by atomic mass is 32.2. The molecule has 2 aliphatic heterocycles. The minimum Gasteiger partial charge on any atom is -0.379 e. The van der Waals surface area contributed by atoms with Crippen molar-refractivity contribution in [1.82, 2.24) is 14.5 Å². The highest BCUT2D eigenvalue weighted by molar-refractivity contribution is 7.89. The molecular weight excluding hydrogens is 424 g/mol. The van der Waals surface area contributed by atoms with Gasteiger partial charge in [-0.05, 0) is 43.5 Å². The van der Waals surface area contributed by atoms with Gasteiger partial charge in [0.1, 0.15) is 12.1 Å². The second kappa shape index (κ2) is 8.93. The molecule has 1 atom stereocenters. The van der Waals surface area contributed by atoms with Gasteiger partial charge in [-0.2, -0.15) is 4.31 Å². The molecular formula is C20H28N4O6S. The molecule has 2 aliphatic rings. The van der Waals surface area contributed by atoms with Crippen LogP contribution in [0.5, 0.6) is 0 Å². The Labute approximate surface area is 182 Å². The van der Waals surface area contributed by atoms with E-state index in [4.69, 9.17) is 4.74 Å². The van der Waals surface area contributed by atoms with E-state index < -0.39 is 40.0 Å². The van der Waals surface area contributed by atoms with Gasteiger partial charge >= 0.3 is 6.03 Å². The van der Waals surface area contributed by atoms with Crippen molar-refractivity contribution in [2.45, 2.75) is 37.6 Å². The largest absolute Gasteiger partial charge is 0.379 e. The number of morpholine rings is 1. The number of ether oxygens (including phenoxy) is 1. The minimum absolute atomic E-state index is 0.117. The molecule has 1 unspecified atom stereocenters. The van der Waals surface area contributed by atoms with Crippen LogP contribution in [-0.4, -0.2) is 73.9 Å². The van der Waals surface area contributed by atoms with Gasteiger partial charge in [0, 0.05) is 18.8 Å². The number of carbonyl (C=O) groups is 3. The van der Waals surface area contributed by atoms with Crippen LogP contribution in [0.15, 0.2) is 29.2 Å². The number of nitrogens with zero attached hydrogens (tertiary/aromatic N) is 2. The minimum atomic E-state index is -3.63. The average molecular weight is 453 g/mol. The van der Waals surface area contributed by atoms with Crippen LogP contribution >= 0.6 is 0 Å². The average Bonchev–Trinajstić information content (AvgIpc) is 2.91. The lowest BCUT2D eigenvalue weighted by Gasteiger charge is -2.26. The second-order valence-electron chi connectivity index (χ2n) is 8.34. The molecule has 1 aromatic rings. The molecule has 0 bridgehead atoms. The van der Waals surface area contributed by atoms with E-state index in [2.05, 4.69) is 10.6 Å². The van der Waals surface area contributed by atoms with Gasteiger partial charge in [-0.3, -0.25) is 14.5 Å². The molecule has 10 nitrogen and oxygen atoms in total. The summed E-state index contributed by atoms with van der Waals surface area (Å²) in [6.07, 6.45) is 0.467. The SMILES string of the molecule is CC(C)CC1(C)NC(=O)N(CC(=O)Nc2ccc(S(=O)(=O)N3CCOCC3)cc2)C1=O. The summed E-state index contributed by atoms with van der Waals surface area (Å²) in [5.74, 6) is -0.801. The van der Waals surface area contributed by atoms with Crippen LogP contribution in [0.1, 0.15) is 27.2 Å². The summed E-state index contributed by atoms with van der Waals surface area (Å²) in [5, 5.41) is 5.26. The molecule has 0 aliphatic carbocycles. The maximum absolute atomic E-state index is 12.7. The number of hydrogen-bond donors (Lipinski definition) is 2. The van der Waals surface area contributed by atoms with Gasteiger partial charge in [0.25, 0.3) is 5.91 Å². The fourth-order valence-electron chi connectivity index (χ4n) is 3.84. The van der Waals surface area contributed by atoms with Gasteiger partial charge in [0.2, 0.25) is 15.9 Å². The standard InChI is InChI=1S/C20H28N4O6S/c1-14(2)12-20(3)18(26)24(19(27)22-20)13-17(25)21-15-4-6-16(7-5-15)31(28,29)23-8-10-30-11-9-23/h4-7,14H,8-13H2,1-3H3,(H,21,25)(H,22,27). The lowest BCUT2D eigenvalue weighted by molar-refractivity contribution is -0.133. The number of carbonyl (C=O) groups excluding carboxylic acids is 3. The van der Waals surface area contributed by atoms with Crippen molar-refractivity contribution in [1.29, 1.82) is 0 Å². The maximum atomic E-state index is 12.7. The third kappa shape index (κ3) is 5.05. The highest BCUT2D eigenvalue weighted by Crippen LogP contribution is 2.25. The Morgan fingerprint density at radius 2 is 1.81 bits per heavy atom. The van der Waals surface area contributed by atoms with E-state index in [0.717, 1.165) is 4.90 Å². The lowest BCUT2D eigenvalue weighted by atomic mass is 9.91. The molecule has 1 aromatic carbocycles. The smallest absolute Gasteiger partial charge is 0.325 e. The zero-order valence-electron chi connectivity index (χ0n) is 17.9. The lowest BCUT2D eigenvalue weighted by Crippen LogP contribution is -2.45. The zero-order chi connectivity index (χ0) is 22.8. The molecule has 2 heterocycles. The van der Waals surface area contributed by atoms with E-state index in [-0.39, 0.29) is 10.8 Å². The first-order chi connectivity index (χ1) is 14.5. The van der Waals surface area contributed by atoms with E-state index in [1.807, 2.05) is 13.8 Å². The number of nitrogens with one attached hydrogen (secondary N) is 2. The fourth-order valence-corrected chi connectivity index (χ4v) is 5.24. The van der Waals surface area contributed by atoms with E-state index in [9.17, 15) is 22.8 Å². The van der Waals surface area contributed by atoms with Crippen molar-refractivity contribution in [3.8, 4) is 0 Å². The number of sulfonamides is 1. The Hall–Kier alpha value is -2.50. The summed E-state index contributed by atoms with van der Waals surface area (Å²) < 4.78 is 31.9. The van der Waals surface area contributed by atoms with Crippen LogP contribution < -0.4 is 10.6 Å². The number of hydrogen-bond acceptors (Lipinski definition) is 6. The zero-order valence-corrected chi connectivity index (χ0v) is 18.7. The monoisotopic (exact) mass is 452 g/mol. The molecule has 170 valence electrons. The molecule has 11 heteroatoms. The van der Waals surface area contributed by atoms with Crippen molar-refractivity contribution in [2.75, 3.05) is 38.2 Å². The Bertz CT molecular complexity index is 956. The normalized spacial score (nSPS) is 22.6. The summed E-state index contributed by atoms with van der Waals surface area (Å²) in [6.45, 7) is 6.42. The summed E-state index contributed by atoms with van der Waals surface area (Å²) in [5.41, 5.74) is -0.663. The van der Waals surface area contributed by atoms with Crippen LogP contribution in [0.25, 0.3) is 0 Å². The molecule has 2 N–H and O–H groups in total. The molecule has 0 saturated carbocycles. The third-order valence-electron chi connectivity index (χ3n) is 5.21. The van der Waals surface area contributed by atoms with E-state index in [0.29, 0.717) is 38.4 Å². The van der Waals surface area contributed by atoms with Crippen molar-refractivity contribution in [3.63, 3.8) is 0 Å². The van der Waals surface area contributed by atoms with Crippen molar-refractivity contribution in [3.05, 3.63) is 24.3 Å². The van der Waals surface area contributed by atoms with Gasteiger partial charge in [0.15, 0.2) is 0 Å². The summed E-state index contributed by atoms with van der Waals surface area (Å²) in [4.78, 5) is 38.3. The van der Waals surface area contributed by atoms with Gasteiger partial charge in [-0.15, -0.1) is 0 Å². The number of anilines is 1. The highest BCUT2D eigenvalue weighted by Gasteiger charge is 2.48. The maximum Gasteiger partial charge on any atom is 0.325 e. The first-order valence-electron chi connectivity index (χ1n) is 10.1. The number of rotatable bonds is 7. The van der Waals surface area contributed by atoms with Gasteiger partial charge in [0.05, 0.1) is 18.1 Å². The van der Waals surface area contributed by atoms with Crippen molar-refractivity contribution >= 4 is 33.6 Å². The first kappa shape index (κ1) is 23.2. The van der Waals surface area contributed by atoms with Gasteiger partial charge < -0.3 is 15.4 Å². The first-order valence-corrected chi connectivity index (χ1v) is 11.6. The molecule has 0 aromatic heterocycles. The molecule has 31 heavy (non-hydrogen) atoms. The Morgan fingerprint density at radius 3 is 2.39 bits per heavy atom. The molecule has 4 amide bonds. The molecule has 2 fully saturated rings. The molecule has 3 rings (SSSR count). The number of amides is 4. The van der Waals surface area contributed by atoms with Crippen LogP contribution in [0.4, 0.5) is 10.5 Å². The third-order valence-corrected chi connectivity index (χ3v) is 7.12. The van der Waals surface area contributed by atoms with Crippen molar-refractivity contribution < 1.29 is 27.5 Å². The number of urea groups is 1. The predicted octanol–water partition coefficient (Wildman–Crippen LogP) is 1.00. The Balaban J connectivity index is 1.62. The van der Waals surface area contributed by atoms with Crippen LogP contribution in [0.3, 0.4) is 0 Å². The summed E-state index contributed by atoms with van der Waals surface area (Å²) >= 11 is 0. The molecule has 2 saturated heterocycles. The Kier molecular flexibility index (Phi) is 6.68. The fraction of sp³-hybridized carbons (Fsp3) is 0.550. The van der Waals surface area contributed by atoms with E-state index in [1.165, 1.54) is 28.6 Å². The summed E-state index contributed by atoms with van der Waals surface area (Å²) in [6, 6.07) is 5.16. The van der Waals surface area contributed by atoms with E-state index >= 15 is 0 Å². The number of benzene rings is 1. The number of imide groups is 1. The van der Waals surface area contributed by atoms with Gasteiger partial charge in [-0.25, -0.2) is 13.2 Å². The predicted molar refractivity (Wildman–Crippen MR) is 113 cm³/mol. The van der Waals surface area contributed by atoms with Crippen molar-refractivity contribution in [2.24, 2.45) is 5.92 Å². The van der Waals surface area contributed by atoms with Crippen LogP contribution in [0.2, 0.25) is 0 Å². The van der Waals surface area contributed by atoms with E-state index in [1.54, 1.807) is 6.92 Å². The molecule has 0 spiro atoms. The quantitative estimate of drug-likeness (QED) is 0.595. The topological polar surface area (TPSA) is 125 Å². The van der Waals surface area contributed by atoms with Gasteiger partial charge in [-0.1, -0.05) is 13.8 Å². The molecule has 0 radical (unpaired) electrons. The second-order valence-corrected chi connectivity index (χ2v) is 10.3. The van der Waals surface area contributed by atoms with Crippen LogP contribution in [-0.2, 0) is 24.3 Å².